The molecular weight excluding hydrogens is 617 g/mol. The van der Waals surface area contributed by atoms with Crippen LogP contribution in [0.5, 0.6) is 0 Å². The average Bonchev–Trinajstić information content (AvgIpc) is 3.08. The first-order valence-electron chi connectivity index (χ1n) is 19.2. The van der Waals surface area contributed by atoms with E-state index in [0.29, 0.717) is 0 Å². The Labute approximate surface area is 307 Å². The van der Waals surface area contributed by atoms with Crippen LogP contribution in [0.25, 0.3) is 11.4 Å². The summed E-state index contributed by atoms with van der Waals surface area (Å²) in [5.74, 6) is 1.04. The highest BCUT2D eigenvalue weighted by Crippen LogP contribution is 2.45. The van der Waals surface area contributed by atoms with Crippen molar-refractivity contribution in [3.8, 4) is 11.4 Å². The maximum Gasteiger partial charge on any atom is 0.249 e. The fraction of sp³-hybridized carbons (Fsp3) is 0.404. The molecule has 260 valence electrons. The summed E-state index contributed by atoms with van der Waals surface area (Å²) in [5.41, 5.74) is 18.1. The molecule has 51 heavy (non-hydrogen) atoms. The third kappa shape index (κ3) is 5.47. The van der Waals surface area contributed by atoms with E-state index < -0.39 is 0 Å². The van der Waals surface area contributed by atoms with Gasteiger partial charge in [0, 0.05) is 23.0 Å². The van der Waals surface area contributed by atoms with Crippen LogP contribution in [0.3, 0.4) is 0 Å². The highest BCUT2D eigenvalue weighted by Gasteiger charge is 2.48. The molecule has 3 aromatic carbocycles. The van der Waals surface area contributed by atoms with Gasteiger partial charge < -0.3 is 0 Å². The van der Waals surface area contributed by atoms with Crippen LogP contribution in [0.15, 0.2) is 79.0 Å². The molecule has 0 N–H and O–H groups in total. The largest absolute Gasteiger partial charge is 0.296 e. The van der Waals surface area contributed by atoms with Crippen molar-refractivity contribution in [2.75, 3.05) is 4.90 Å². The number of benzene rings is 3. The number of hydrogen-bond donors (Lipinski definition) is 0. The summed E-state index contributed by atoms with van der Waals surface area (Å²) < 4.78 is 0. The van der Waals surface area contributed by atoms with E-state index in [4.69, 9.17) is 9.97 Å². The second-order valence-corrected chi connectivity index (χ2v) is 19.1. The number of hydrogen-bond acceptors (Lipinski definition) is 3. The maximum atomic E-state index is 5.76. The molecule has 0 fully saturated rings. The maximum absolute atomic E-state index is 5.76. The van der Waals surface area contributed by atoms with Crippen LogP contribution in [0.4, 0.5) is 17.2 Å². The third-order valence-electron chi connectivity index (χ3n) is 12.1. The van der Waals surface area contributed by atoms with Gasteiger partial charge in [0.05, 0.1) is 11.4 Å². The summed E-state index contributed by atoms with van der Waals surface area (Å²) in [7, 11) is 0. The minimum Gasteiger partial charge on any atom is -0.296 e. The summed E-state index contributed by atoms with van der Waals surface area (Å²) in [4.78, 5) is 13.3. The van der Waals surface area contributed by atoms with E-state index in [1.165, 1.54) is 73.9 Å². The van der Waals surface area contributed by atoms with Crippen LogP contribution in [0.1, 0.15) is 128 Å². The Morgan fingerprint density at radius 2 is 1.25 bits per heavy atom. The first-order valence-corrected chi connectivity index (χ1v) is 19.2. The molecule has 0 spiro atoms. The van der Waals surface area contributed by atoms with E-state index in [1.54, 1.807) is 0 Å². The second-order valence-electron chi connectivity index (χ2n) is 19.1. The van der Waals surface area contributed by atoms with E-state index in [-0.39, 0.29) is 28.4 Å². The highest BCUT2D eigenvalue weighted by atomic mass is 15.2. The number of nitrogens with zero attached hydrogens (tertiary/aromatic N) is 3. The minimum atomic E-state index is -0.236. The number of anilines is 3. The summed E-state index contributed by atoms with van der Waals surface area (Å²) in [5, 5.41) is 0. The molecule has 1 aliphatic carbocycles. The minimum absolute atomic E-state index is 0.0154. The Bertz CT molecular complexity index is 2190. The fourth-order valence-electron chi connectivity index (χ4n) is 8.92. The molecule has 8 rings (SSSR count). The molecule has 4 heterocycles. The van der Waals surface area contributed by atoms with Crippen molar-refractivity contribution in [2.24, 2.45) is 0 Å². The summed E-state index contributed by atoms with van der Waals surface area (Å²) >= 11 is 0. The molecule has 5 aromatic rings. The van der Waals surface area contributed by atoms with Crippen LogP contribution in [-0.2, 0) is 34.5 Å². The van der Waals surface area contributed by atoms with Gasteiger partial charge >= 0.3 is 0 Å². The first kappa shape index (κ1) is 33.9. The molecule has 0 saturated heterocycles. The standard InChI is InChI=1S/C47H54BN3/c1-44(2,3)30-16-20-33(21-17-30)51-40-23-19-32(46(7,8)9)27-38(40)48-37-26-31(45(4,5)6)18-22-35(37)47(10,11)36-28-39(50-43(51)41(36)48)42-34-15-13-12-14-29(34)24-25-49-42/h16-28H,12-15H2,1-11H3. The lowest BCUT2D eigenvalue weighted by Gasteiger charge is -2.45. The van der Waals surface area contributed by atoms with Crippen molar-refractivity contribution in [2.45, 2.75) is 124 Å². The Hall–Kier alpha value is -4.18. The number of rotatable bonds is 2. The quantitative estimate of drug-likeness (QED) is 0.172. The van der Waals surface area contributed by atoms with Crippen LogP contribution in [0.2, 0.25) is 0 Å². The molecule has 0 unspecified atom stereocenters. The monoisotopic (exact) mass is 671 g/mol. The molecule has 0 bridgehead atoms. The number of pyridine rings is 2. The molecule has 0 amide bonds. The average molecular weight is 672 g/mol. The van der Waals surface area contributed by atoms with Crippen molar-refractivity contribution in [1.82, 2.24) is 9.97 Å². The SMILES string of the molecule is CC(C)(C)c1ccc(N2c3ccc(C(C)(C)C)cc3B3c4cc(C(C)(C)C)ccc4C(C)(C)c4cc(-c5nccc6c5CCCC6)nc2c43)cc1. The summed E-state index contributed by atoms with van der Waals surface area (Å²) in [6.45, 7) is 25.8. The lowest BCUT2D eigenvalue weighted by molar-refractivity contribution is 0.588. The lowest BCUT2D eigenvalue weighted by Crippen LogP contribution is -2.64. The van der Waals surface area contributed by atoms with Crippen molar-refractivity contribution < 1.29 is 0 Å². The topological polar surface area (TPSA) is 29.0 Å². The van der Waals surface area contributed by atoms with Gasteiger partial charge in [-0.05, 0) is 122 Å². The zero-order valence-electron chi connectivity index (χ0n) is 32.8. The molecule has 0 radical (unpaired) electrons. The van der Waals surface area contributed by atoms with Crippen LogP contribution in [-0.4, -0.2) is 16.7 Å². The summed E-state index contributed by atoms with van der Waals surface area (Å²) in [6.07, 6.45) is 6.64. The zero-order valence-corrected chi connectivity index (χ0v) is 32.8. The first-order chi connectivity index (χ1) is 23.9. The zero-order chi connectivity index (χ0) is 36.2. The molecule has 4 heteroatoms. The number of aryl methyl sites for hydroxylation is 1. The summed E-state index contributed by atoms with van der Waals surface area (Å²) in [6, 6.07) is 28.5. The van der Waals surface area contributed by atoms with E-state index in [9.17, 15) is 0 Å². The molecule has 0 atom stereocenters. The van der Waals surface area contributed by atoms with Crippen LogP contribution < -0.4 is 21.3 Å². The molecule has 2 aromatic heterocycles. The Balaban J connectivity index is 1.48. The smallest absolute Gasteiger partial charge is 0.249 e. The highest BCUT2D eigenvalue weighted by molar-refractivity contribution is 6.99. The van der Waals surface area contributed by atoms with Crippen molar-refractivity contribution in [1.29, 1.82) is 0 Å². The van der Waals surface area contributed by atoms with Crippen molar-refractivity contribution in [3.63, 3.8) is 0 Å². The molecule has 0 saturated carbocycles. The van der Waals surface area contributed by atoms with Gasteiger partial charge in [-0.15, -0.1) is 0 Å². The Morgan fingerprint density at radius 3 is 1.92 bits per heavy atom. The third-order valence-corrected chi connectivity index (χ3v) is 12.1. The lowest BCUT2D eigenvalue weighted by atomic mass is 9.30. The van der Waals surface area contributed by atoms with Crippen LogP contribution in [0, 0.1) is 0 Å². The Kier molecular flexibility index (Phi) is 7.59. The second kappa shape index (κ2) is 11.4. The van der Waals surface area contributed by atoms with E-state index in [1.807, 2.05) is 6.20 Å². The number of aromatic nitrogens is 2. The molecular formula is C47H54BN3. The normalized spacial score (nSPS) is 16.3. The predicted octanol–water partition coefficient (Wildman–Crippen LogP) is 9.85. The van der Waals surface area contributed by atoms with Gasteiger partial charge in [-0.25, -0.2) is 4.98 Å². The van der Waals surface area contributed by atoms with Gasteiger partial charge in [-0.3, -0.25) is 9.88 Å². The fourth-order valence-corrected chi connectivity index (χ4v) is 8.92. The van der Waals surface area contributed by atoms with Gasteiger partial charge in [-0.1, -0.05) is 124 Å². The van der Waals surface area contributed by atoms with Gasteiger partial charge in [0.25, 0.3) is 0 Å². The van der Waals surface area contributed by atoms with Gasteiger partial charge in [0.1, 0.15) is 5.82 Å². The van der Waals surface area contributed by atoms with Crippen LogP contribution >= 0.6 is 0 Å². The number of fused-ring (bicyclic) bond motifs is 5. The van der Waals surface area contributed by atoms with Gasteiger partial charge in [0.15, 0.2) is 0 Å². The molecule has 3 aliphatic rings. The van der Waals surface area contributed by atoms with E-state index in [2.05, 4.69) is 154 Å². The van der Waals surface area contributed by atoms with E-state index in [0.717, 1.165) is 35.7 Å². The molecule has 3 nitrogen and oxygen atoms in total. The van der Waals surface area contributed by atoms with Gasteiger partial charge in [-0.2, -0.15) is 0 Å². The van der Waals surface area contributed by atoms with Crippen molar-refractivity contribution in [3.05, 3.63) is 118 Å². The van der Waals surface area contributed by atoms with Crippen molar-refractivity contribution >= 4 is 40.3 Å². The van der Waals surface area contributed by atoms with Gasteiger partial charge in [0.2, 0.25) is 6.71 Å². The Morgan fingerprint density at radius 1 is 0.647 bits per heavy atom. The van der Waals surface area contributed by atoms with E-state index >= 15 is 0 Å². The predicted molar refractivity (Wildman–Crippen MR) is 218 cm³/mol. The molecule has 2 aliphatic heterocycles.